The number of ether oxygens (including phenoxy) is 1. The fourth-order valence-electron chi connectivity index (χ4n) is 3.44. The molecule has 0 bridgehead atoms. The Morgan fingerprint density at radius 3 is 2.72 bits per heavy atom. The van der Waals surface area contributed by atoms with Crippen molar-refractivity contribution in [2.75, 3.05) is 12.4 Å². The molecule has 0 atom stereocenters. The van der Waals surface area contributed by atoms with Crippen LogP contribution < -0.4 is 15.4 Å². The Morgan fingerprint density at radius 2 is 2.00 bits per heavy atom. The van der Waals surface area contributed by atoms with Crippen molar-refractivity contribution < 1.29 is 14.6 Å². The standard InChI is InChI=1S/C23H20N6O3/c1-32-20-14-26-22(28-21(20)25-12-15-6-3-2-4-7-15)29-17(13-27-23(30)31)10-18-16(11-24)8-5-9-19(18)29/h2-10,14,27H,12-13H2,1H3,(H,30,31)(H,25,26,28). The lowest BCUT2D eigenvalue weighted by molar-refractivity contribution is 0.193. The quantitative estimate of drug-likeness (QED) is 0.410. The maximum absolute atomic E-state index is 11.1. The van der Waals surface area contributed by atoms with Crippen LogP contribution in [0.4, 0.5) is 10.6 Å². The van der Waals surface area contributed by atoms with Crippen molar-refractivity contribution in [3.63, 3.8) is 0 Å². The average molecular weight is 428 g/mol. The van der Waals surface area contributed by atoms with Crippen LogP contribution in [0, 0.1) is 11.3 Å². The van der Waals surface area contributed by atoms with E-state index >= 15 is 0 Å². The van der Waals surface area contributed by atoms with Gasteiger partial charge in [0.1, 0.15) is 0 Å². The van der Waals surface area contributed by atoms with Gasteiger partial charge in [0.2, 0.25) is 5.95 Å². The van der Waals surface area contributed by atoms with Crippen molar-refractivity contribution in [1.29, 1.82) is 5.26 Å². The van der Waals surface area contributed by atoms with Gasteiger partial charge in [-0.1, -0.05) is 36.4 Å². The van der Waals surface area contributed by atoms with Gasteiger partial charge in [-0.25, -0.2) is 9.78 Å². The van der Waals surface area contributed by atoms with Crippen molar-refractivity contribution in [2.45, 2.75) is 13.1 Å². The van der Waals surface area contributed by atoms with E-state index in [0.29, 0.717) is 46.2 Å². The van der Waals surface area contributed by atoms with Gasteiger partial charge < -0.3 is 20.5 Å². The summed E-state index contributed by atoms with van der Waals surface area (Å²) < 4.78 is 7.14. The summed E-state index contributed by atoms with van der Waals surface area (Å²) in [6.45, 7) is 0.559. The van der Waals surface area contributed by atoms with Gasteiger partial charge in [0.25, 0.3) is 0 Å². The predicted octanol–water partition coefficient (Wildman–Crippen LogP) is 3.68. The summed E-state index contributed by atoms with van der Waals surface area (Å²) in [6.07, 6.45) is 0.410. The van der Waals surface area contributed by atoms with Crippen molar-refractivity contribution in [2.24, 2.45) is 0 Å². The molecular formula is C23H20N6O3. The maximum Gasteiger partial charge on any atom is 0.404 e. The van der Waals surface area contributed by atoms with Crippen LogP contribution in [0.3, 0.4) is 0 Å². The minimum absolute atomic E-state index is 0.0248. The van der Waals surface area contributed by atoms with E-state index in [4.69, 9.17) is 9.84 Å². The molecule has 0 saturated heterocycles. The number of nitrogens with zero attached hydrogens (tertiary/aromatic N) is 4. The number of anilines is 1. The first-order chi connectivity index (χ1) is 15.6. The number of nitrogens with one attached hydrogen (secondary N) is 2. The third-order valence-electron chi connectivity index (χ3n) is 4.93. The monoisotopic (exact) mass is 428 g/mol. The zero-order valence-electron chi connectivity index (χ0n) is 17.2. The average Bonchev–Trinajstić information content (AvgIpc) is 3.20. The van der Waals surface area contributed by atoms with Crippen molar-refractivity contribution in [3.05, 3.63) is 77.6 Å². The van der Waals surface area contributed by atoms with Gasteiger partial charge in [-0.15, -0.1) is 0 Å². The van der Waals surface area contributed by atoms with Gasteiger partial charge in [-0.2, -0.15) is 10.2 Å². The summed E-state index contributed by atoms with van der Waals surface area (Å²) in [5.74, 6) is 1.30. The van der Waals surface area contributed by atoms with E-state index in [-0.39, 0.29) is 6.54 Å². The van der Waals surface area contributed by atoms with Crippen molar-refractivity contribution in [1.82, 2.24) is 19.9 Å². The first-order valence-corrected chi connectivity index (χ1v) is 9.80. The van der Waals surface area contributed by atoms with Crippen LogP contribution in [0.15, 0.2) is 60.8 Å². The SMILES string of the molecule is COc1cnc(-n2c(CNC(=O)O)cc3c(C#N)cccc32)nc1NCc1ccccc1. The number of amides is 1. The van der Waals surface area contributed by atoms with Gasteiger partial charge in [-0.3, -0.25) is 4.57 Å². The molecule has 2 aromatic heterocycles. The maximum atomic E-state index is 11.1. The summed E-state index contributed by atoms with van der Waals surface area (Å²) in [6, 6.07) is 19.1. The molecule has 9 nitrogen and oxygen atoms in total. The van der Waals surface area contributed by atoms with E-state index in [0.717, 1.165) is 5.56 Å². The molecule has 0 saturated carbocycles. The van der Waals surface area contributed by atoms with E-state index in [1.54, 1.807) is 36.1 Å². The van der Waals surface area contributed by atoms with Gasteiger partial charge in [-0.05, 0) is 23.8 Å². The molecule has 4 rings (SSSR count). The normalized spacial score (nSPS) is 10.5. The number of nitriles is 1. The zero-order chi connectivity index (χ0) is 22.5. The second-order valence-corrected chi connectivity index (χ2v) is 6.91. The number of carbonyl (C=O) groups is 1. The van der Waals surface area contributed by atoms with Crippen LogP contribution >= 0.6 is 0 Å². The fraction of sp³-hybridized carbons (Fsp3) is 0.130. The predicted molar refractivity (Wildman–Crippen MR) is 119 cm³/mol. The fourth-order valence-corrected chi connectivity index (χ4v) is 3.44. The van der Waals surface area contributed by atoms with Crippen LogP contribution in [0.1, 0.15) is 16.8 Å². The lowest BCUT2D eigenvalue weighted by Gasteiger charge is -2.14. The highest BCUT2D eigenvalue weighted by Crippen LogP contribution is 2.28. The first-order valence-electron chi connectivity index (χ1n) is 9.80. The summed E-state index contributed by atoms with van der Waals surface area (Å²) >= 11 is 0. The summed E-state index contributed by atoms with van der Waals surface area (Å²) in [5, 5.41) is 24.9. The van der Waals surface area contributed by atoms with Crippen molar-refractivity contribution in [3.8, 4) is 17.8 Å². The molecule has 0 aliphatic heterocycles. The second-order valence-electron chi connectivity index (χ2n) is 6.91. The van der Waals surface area contributed by atoms with Crippen LogP contribution in [-0.4, -0.2) is 32.8 Å². The number of hydrogen-bond donors (Lipinski definition) is 3. The molecule has 9 heteroatoms. The van der Waals surface area contributed by atoms with Crippen LogP contribution in [0.2, 0.25) is 0 Å². The van der Waals surface area contributed by atoms with Crippen LogP contribution in [0.25, 0.3) is 16.9 Å². The van der Waals surface area contributed by atoms with E-state index < -0.39 is 6.09 Å². The molecule has 0 spiro atoms. The molecule has 1 amide bonds. The molecule has 0 aliphatic carbocycles. The Hall–Kier alpha value is -4.58. The number of benzene rings is 2. The van der Waals surface area contributed by atoms with E-state index in [1.165, 1.54) is 0 Å². The number of aromatic nitrogens is 3. The highest BCUT2D eigenvalue weighted by molar-refractivity contribution is 5.88. The number of carboxylic acid groups (broad SMARTS) is 1. The van der Waals surface area contributed by atoms with Gasteiger partial charge in [0, 0.05) is 17.6 Å². The zero-order valence-corrected chi connectivity index (χ0v) is 17.2. The van der Waals surface area contributed by atoms with Crippen molar-refractivity contribution >= 4 is 22.8 Å². The molecule has 0 unspecified atom stereocenters. The van der Waals surface area contributed by atoms with E-state index in [2.05, 4.69) is 26.7 Å². The molecule has 0 radical (unpaired) electrons. The Morgan fingerprint density at radius 1 is 1.19 bits per heavy atom. The molecule has 0 aliphatic rings. The Bertz CT molecular complexity index is 1310. The Labute approximate surface area is 183 Å². The number of methoxy groups -OCH3 is 1. The molecule has 0 fully saturated rings. The molecule has 160 valence electrons. The molecule has 2 aromatic carbocycles. The van der Waals surface area contributed by atoms with Crippen LogP contribution in [0.5, 0.6) is 5.75 Å². The summed E-state index contributed by atoms with van der Waals surface area (Å²) in [5.41, 5.74) is 2.86. The number of hydrogen-bond acceptors (Lipinski definition) is 6. The Kier molecular flexibility index (Phi) is 5.85. The van der Waals surface area contributed by atoms with E-state index in [1.807, 2.05) is 36.4 Å². The molecule has 3 N–H and O–H groups in total. The number of fused-ring (bicyclic) bond motifs is 1. The Balaban J connectivity index is 1.79. The summed E-state index contributed by atoms with van der Waals surface area (Å²) in [4.78, 5) is 20.2. The first kappa shape index (κ1) is 20.7. The second kappa shape index (κ2) is 9.06. The van der Waals surface area contributed by atoms with Gasteiger partial charge in [0.15, 0.2) is 11.6 Å². The minimum atomic E-state index is -1.15. The summed E-state index contributed by atoms with van der Waals surface area (Å²) in [7, 11) is 1.54. The molecule has 2 heterocycles. The third-order valence-corrected chi connectivity index (χ3v) is 4.93. The molecule has 4 aromatic rings. The lowest BCUT2D eigenvalue weighted by Crippen LogP contribution is -2.22. The molecular weight excluding hydrogens is 408 g/mol. The van der Waals surface area contributed by atoms with E-state index in [9.17, 15) is 10.1 Å². The largest absolute Gasteiger partial charge is 0.491 e. The molecule has 32 heavy (non-hydrogen) atoms. The highest BCUT2D eigenvalue weighted by atomic mass is 16.5. The minimum Gasteiger partial charge on any atom is -0.491 e. The van der Waals surface area contributed by atoms with Crippen LogP contribution in [-0.2, 0) is 13.1 Å². The lowest BCUT2D eigenvalue weighted by atomic mass is 10.1. The van der Waals surface area contributed by atoms with Gasteiger partial charge in [0.05, 0.1) is 37.0 Å². The smallest absolute Gasteiger partial charge is 0.404 e. The topological polar surface area (TPSA) is 125 Å². The number of rotatable bonds is 7. The highest BCUT2D eigenvalue weighted by Gasteiger charge is 2.17. The third kappa shape index (κ3) is 4.15. The van der Waals surface area contributed by atoms with Gasteiger partial charge >= 0.3 is 6.09 Å².